The molecule has 21 heavy (non-hydrogen) atoms. The Morgan fingerprint density at radius 2 is 2.24 bits per heavy atom. The lowest BCUT2D eigenvalue weighted by molar-refractivity contribution is 0.0195. The number of hydrogen-bond donors (Lipinski definition) is 1. The number of nitrogens with one attached hydrogen (secondary N) is 1. The predicted molar refractivity (Wildman–Crippen MR) is 85.0 cm³/mol. The van der Waals surface area contributed by atoms with Crippen molar-refractivity contribution < 1.29 is 9.53 Å². The second-order valence-electron chi connectivity index (χ2n) is 5.84. The summed E-state index contributed by atoms with van der Waals surface area (Å²) in [4.78, 5) is 17.8. The molecule has 1 fully saturated rings. The van der Waals surface area contributed by atoms with Crippen molar-refractivity contribution in [1.29, 1.82) is 0 Å². The predicted octanol–water partition coefficient (Wildman–Crippen LogP) is 3.04. The van der Waals surface area contributed by atoms with Gasteiger partial charge in [0.15, 0.2) is 0 Å². The molecule has 1 aromatic rings. The summed E-state index contributed by atoms with van der Waals surface area (Å²) in [6.07, 6.45) is 1.40. The molecule has 2 rings (SSSR count). The number of amides is 1. The number of ether oxygens (including phenoxy) is 1. The number of piperazine rings is 1. The number of aromatic nitrogens is 1. The maximum Gasteiger partial charge on any atom is 0.410 e. The third-order valence-electron chi connectivity index (χ3n) is 2.98. The summed E-state index contributed by atoms with van der Waals surface area (Å²) in [5, 5.41) is 3.83. The number of hydrogen-bond acceptors (Lipinski definition) is 4. The molecule has 7 heteroatoms. The van der Waals surface area contributed by atoms with Crippen molar-refractivity contribution in [2.45, 2.75) is 32.4 Å². The molecule has 1 N–H and O–H groups in total. The third-order valence-corrected chi connectivity index (χ3v) is 3.19. The van der Waals surface area contributed by atoms with E-state index in [4.69, 9.17) is 16.3 Å². The maximum absolute atomic E-state index is 12.1. The van der Waals surface area contributed by atoms with Gasteiger partial charge in [-0.05, 0) is 38.5 Å². The summed E-state index contributed by atoms with van der Waals surface area (Å²) >= 11 is 5.91. The van der Waals surface area contributed by atoms with Crippen molar-refractivity contribution in [2.75, 3.05) is 19.6 Å². The van der Waals surface area contributed by atoms with Gasteiger partial charge in [-0.15, -0.1) is 12.4 Å². The number of carbonyl (C=O) groups is 1. The van der Waals surface area contributed by atoms with Gasteiger partial charge >= 0.3 is 6.09 Å². The Bertz CT molecular complexity index is 491. The molecule has 1 amide bonds. The van der Waals surface area contributed by atoms with Crippen LogP contribution in [0.4, 0.5) is 4.79 Å². The van der Waals surface area contributed by atoms with Crippen molar-refractivity contribution in [2.24, 2.45) is 0 Å². The third kappa shape index (κ3) is 5.34. The molecule has 0 saturated carbocycles. The fourth-order valence-corrected chi connectivity index (χ4v) is 2.28. The fraction of sp³-hybridized carbons (Fsp3) is 0.571. The Kier molecular flexibility index (Phi) is 6.25. The SMILES string of the molecule is CC(C)(C)OC(=O)N1CCNC(c2ccnc(Cl)c2)C1.Cl. The molecule has 5 nitrogen and oxygen atoms in total. The summed E-state index contributed by atoms with van der Waals surface area (Å²) in [6, 6.07) is 3.77. The number of nitrogens with zero attached hydrogens (tertiary/aromatic N) is 2. The highest BCUT2D eigenvalue weighted by Crippen LogP contribution is 2.20. The number of pyridine rings is 1. The lowest BCUT2D eigenvalue weighted by atomic mass is 10.1. The van der Waals surface area contributed by atoms with Crippen molar-refractivity contribution >= 4 is 30.1 Å². The normalized spacial score (nSPS) is 18.9. The number of halogens is 2. The van der Waals surface area contributed by atoms with Crippen molar-refractivity contribution in [3.63, 3.8) is 0 Å². The quantitative estimate of drug-likeness (QED) is 0.802. The lowest BCUT2D eigenvalue weighted by Crippen LogP contribution is -2.49. The van der Waals surface area contributed by atoms with Gasteiger partial charge in [0.25, 0.3) is 0 Å². The Morgan fingerprint density at radius 1 is 1.52 bits per heavy atom. The van der Waals surface area contributed by atoms with Crippen LogP contribution in [-0.2, 0) is 4.74 Å². The highest BCUT2D eigenvalue weighted by Gasteiger charge is 2.28. The molecule has 0 spiro atoms. The molecule has 0 bridgehead atoms. The van der Waals surface area contributed by atoms with E-state index in [2.05, 4.69) is 10.3 Å². The zero-order valence-corrected chi connectivity index (χ0v) is 14.0. The zero-order chi connectivity index (χ0) is 14.8. The number of carbonyl (C=O) groups excluding carboxylic acids is 1. The van der Waals surface area contributed by atoms with Crippen LogP contribution in [-0.4, -0.2) is 41.2 Å². The van der Waals surface area contributed by atoms with Crippen molar-refractivity contribution in [1.82, 2.24) is 15.2 Å². The van der Waals surface area contributed by atoms with Crippen LogP contribution in [0.5, 0.6) is 0 Å². The van der Waals surface area contributed by atoms with Crippen LogP contribution in [0.1, 0.15) is 32.4 Å². The molecule has 1 aromatic heterocycles. The first-order valence-corrected chi connectivity index (χ1v) is 7.06. The van der Waals surface area contributed by atoms with Gasteiger partial charge in [0, 0.05) is 25.8 Å². The van der Waals surface area contributed by atoms with E-state index in [-0.39, 0.29) is 24.5 Å². The molecule has 1 aliphatic heterocycles. The standard InChI is InChI=1S/C14H20ClN3O2.ClH/c1-14(2,3)20-13(19)18-7-6-16-11(9-18)10-4-5-17-12(15)8-10;/h4-5,8,11,16H,6-7,9H2,1-3H3;1H. The zero-order valence-electron chi connectivity index (χ0n) is 12.4. The van der Waals surface area contributed by atoms with Gasteiger partial charge in [-0.3, -0.25) is 0 Å². The van der Waals surface area contributed by atoms with Gasteiger partial charge in [-0.2, -0.15) is 0 Å². The molecule has 1 aliphatic rings. The molecule has 1 atom stereocenters. The van der Waals surface area contributed by atoms with Gasteiger partial charge in [0.1, 0.15) is 10.8 Å². The Balaban J connectivity index is 0.00000220. The first-order chi connectivity index (χ1) is 9.35. The van der Waals surface area contributed by atoms with Crippen LogP contribution < -0.4 is 5.32 Å². The lowest BCUT2D eigenvalue weighted by Gasteiger charge is -2.35. The molecule has 0 aromatic carbocycles. The molecule has 1 unspecified atom stereocenters. The van der Waals surface area contributed by atoms with Gasteiger partial charge in [0.05, 0.1) is 6.04 Å². The summed E-state index contributed by atoms with van der Waals surface area (Å²) in [7, 11) is 0. The van der Waals surface area contributed by atoms with Crippen LogP contribution in [0.2, 0.25) is 5.15 Å². The summed E-state index contributed by atoms with van der Waals surface area (Å²) < 4.78 is 5.41. The van der Waals surface area contributed by atoms with Gasteiger partial charge < -0.3 is 15.0 Å². The molecule has 0 aliphatic carbocycles. The largest absolute Gasteiger partial charge is 0.444 e. The minimum Gasteiger partial charge on any atom is -0.444 e. The fourth-order valence-electron chi connectivity index (χ4n) is 2.10. The summed E-state index contributed by atoms with van der Waals surface area (Å²) in [5.74, 6) is 0. The van der Waals surface area contributed by atoms with Crippen LogP contribution in [0.25, 0.3) is 0 Å². The van der Waals surface area contributed by atoms with Gasteiger partial charge in [-0.1, -0.05) is 11.6 Å². The van der Waals surface area contributed by atoms with Crippen molar-refractivity contribution in [3.8, 4) is 0 Å². The highest BCUT2D eigenvalue weighted by atomic mass is 35.5. The van der Waals surface area contributed by atoms with Gasteiger partial charge in [-0.25, -0.2) is 9.78 Å². The number of rotatable bonds is 1. The van der Waals surface area contributed by atoms with Crippen molar-refractivity contribution in [3.05, 3.63) is 29.0 Å². The first-order valence-electron chi connectivity index (χ1n) is 6.68. The second kappa shape index (κ2) is 7.29. The van der Waals surface area contributed by atoms with E-state index in [0.29, 0.717) is 18.2 Å². The summed E-state index contributed by atoms with van der Waals surface area (Å²) in [6.45, 7) is 7.54. The van der Waals surface area contributed by atoms with Crippen LogP contribution >= 0.6 is 24.0 Å². The average Bonchev–Trinajstić information content (AvgIpc) is 2.37. The van der Waals surface area contributed by atoms with E-state index in [0.717, 1.165) is 12.1 Å². The smallest absolute Gasteiger partial charge is 0.410 e. The van der Waals surface area contributed by atoms with E-state index in [1.54, 1.807) is 11.1 Å². The topological polar surface area (TPSA) is 54.5 Å². The average molecular weight is 334 g/mol. The van der Waals surface area contributed by atoms with E-state index < -0.39 is 5.60 Å². The highest BCUT2D eigenvalue weighted by molar-refractivity contribution is 6.29. The monoisotopic (exact) mass is 333 g/mol. The van der Waals surface area contributed by atoms with Gasteiger partial charge in [0.2, 0.25) is 0 Å². The maximum atomic E-state index is 12.1. The molecule has 0 radical (unpaired) electrons. The second-order valence-corrected chi connectivity index (χ2v) is 6.23. The minimum atomic E-state index is -0.475. The first kappa shape index (κ1) is 18.0. The van der Waals surface area contributed by atoms with E-state index in [1.165, 1.54) is 0 Å². The van der Waals surface area contributed by atoms with Crippen LogP contribution in [0.15, 0.2) is 18.3 Å². The molecule has 1 saturated heterocycles. The van der Waals surface area contributed by atoms with Crippen LogP contribution in [0.3, 0.4) is 0 Å². The molecular formula is C14H21Cl2N3O2. The molecular weight excluding hydrogens is 313 g/mol. The summed E-state index contributed by atoms with van der Waals surface area (Å²) in [5.41, 5.74) is 0.551. The Hall–Kier alpha value is -1.04. The molecule has 2 heterocycles. The molecule has 118 valence electrons. The van der Waals surface area contributed by atoms with Crippen LogP contribution in [0, 0.1) is 0 Å². The minimum absolute atomic E-state index is 0. The Labute approximate surface area is 136 Å². The van der Waals surface area contributed by atoms with E-state index in [1.807, 2.05) is 32.9 Å². The van der Waals surface area contributed by atoms with E-state index in [9.17, 15) is 4.79 Å². The van der Waals surface area contributed by atoms with E-state index >= 15 is 0 Å². The Morgan fingerprint density at radius 3 is 2.86 bits per heavy atom.